The molecule has 172 valence electrons. The number of nitrogens with zero attached hydrogens (tertiary/aromatic N) is 3. The van der Waals surface area contributed by atoms with Crippen molar-refractivity contribution in [1.29, 1.82) is 0 Å². The van der Waals surface area contributed by atoms with E-state index >= 15 is 0 Å². The Hall–Kier alpha value is -1.51. The van der Waals surface area contributed by atoms with Crippen LogP contribution in [0.15, 0.2) is 23.2 Å². The highest BCUT2D eigenvalue weighted by Gasteiger charge is 2.32. The van der Waals surface area contributed by atoms with E-state index in [9.17, 15) is 4.79 Å². The van der Waals surface area contributed by atoms with E-state index in [1.807, 2.05) is 0 Å². The van der Waals surface area contributed by atoms with Crippen molar-refractivity contribution in [3.05, 3.63) is 29.3 Å². The molecular formula is C24H38IN5O. The third-order valence-corrected chi connectivity index (χ3v) is 6.80. The van der Waals surface area contributed by atoms with Gasteiger partial charge < -0.3 is 20.4 Å². The molecule has 0 radical (unpaired) electrons. The van der Waals surface area contributed by atoms with Gasteiger partial charge in [-0.25, -0.2) is 4.99 Å². The van der Waals surface area contributed by atoms with Crippen LogP contribution >= 0.6 is 24.0 Å². The van der Waals surface area contributed by atoms with Gasteiger partial charge in [-0.15, -0.1) is 24.0 Å². The molecule has 1 aromatic carbocycles. The maximum Gasteiger partial charge on any atom is 0.225 e. The summed E-state index contributed by atoms with van der Waals surface area (Å²) in [7, 11) is 2.17. The van der Waals surface area contributed by atoms with Crippen LogP contribution < -0.4 is 15.5 Å². The number of rotatable bonds is 5. The van der Waals surface area contributed by atoms with Crippen LogP contribution in [-0.2, 0) is 17.8 Å². The number of fused-ring (bicyclic) bond motifs is 1. The van der Waals surface area contributed by atoms with Crippen molar-refractivity contribution >= 4 is 41.5 Å². The van der Waals surface area contributed by atoms with Crippen molar-refractivity contribution in [1.82, 2.24) is 15.5 Å². The Bertz CT molecular complexity index is 777. The molecule has 4 rings (SSSR count). The minimum absolute atomic E-state index is 0. The number of carbonyl (C=O) groups excluding carboxylic acids is 1. The van der Waals surface area contributed by atoms with E-state index in [0.717, 1.165) is 57.8 Å². The molecule has 1 aliphatic carbocycles. The van der Waals surface area contributed by atoms with Crippen molar-refractivity contribution in [3.63, 3.8) is 0 Å². The molecule has 6 nitrogen and oxygen atoms in total. The lowest BCUT2D eigenvalue weighted by atomic mass is 10.00. The molecule has 1 saturated heterocycles. The molecule has 1 aromatic rings. The summed E-state index contributed by atoms with van der Waals surface area (Å²) in [5.41, 5.74) is 4.05. The van der Waals surface area contributed by atoms with E-state index < -0.39 is 0 Å². The van der Waals surface area contributed by atoms with Crippen LogP contribution in [0, 0.1) is 5.92 Å². The highest BCUT2D eigenvalue weighted by atomic mass is 127. The zero-order valence-corrected chi connectivity index (χ0v) is 21.4. The smallest absolute Gasteiger partial charge is 0.225 e. The Kier molecular flexibility index (Phi) is 8.86. The summed E-state index contributed by atoms with van der Waals surface area (Å²) in [4.78, 5) is 22.0. The van der Waals surface area contributed by atoms with Crippen LogP contribution in [0.4, 0.5) is 5.69 Å². The molecule has 0 aromatic heterocycles. The van der Waals surface area contributed by atoms with Crippen LogP contribution in [0.25, 0.3) is 0 Å². The Balaban J connectivity index is 0.00000272. The van der Waals surface area contributed by atoms with Gasteiger partial charge >= 0.3 is 0 Å². The molecular weight excluding hydrogens is 501 g/mol. The SMILES string of the molecule is CCNC(=NCc1ccc2c(c1)CCCN2C)NC1CCN(C(=O)C2CCCC2)C1.I. The number of nitrogens with one attached hydrogen (secondary N) is 2. The number of guanidine groups is 1. The van der Waals surface area contributed by atoms with E-state index in [1.54, 1.807) is 0 Å². The fraction of sp³-hybridized carbons (Fsp3) is 0.667. The summed E-state index contributed by atoms with van der Waals surface area (Å²) >= 11 is 0. The summed E-state index contributed by atoms with van der Waals surface area (Å²) in [5.74, 6) is 1.50. The minimum atomic E-state index is 0. The molecule has 1 unspecified atom stereocenters. The molecule has 3 aliphatic rings. The summed E-state index contributed by atoms with van der Waals surface area (Å²) in [6, 6.07) is 7.04. The van der Waals surface area contributed by atoms with Gasteiger partial charge in [0.1, 0.15) is 0 Å². The highest BCUT2D eigenvalue weighted by Crippen LogP contribution is 2.28. The number of hydrogen-bond donors (Lipinski definition) is 2. The van der Waals surface area contributed by atoms with Crippen molar-refractivity contribution < 1.29 is 4.79 Å². The van der Waals surface area contributed by atoms with E-state index in [1.165, 1.54) is 36.1 Å². The molecule has 2 heterocycles. The number of aliphatic imine (C=N–C) groups is 1. The summed E-state index contributed by atoms with van der Waals surface area (Å²) in [6.45, 7) is 6.40. The Morgan fingerprint density at radius 2 is 1.97 bits per heavy atom. The van der Waals surface area contributed by atoms with Crippen molar-refractivity contribution in [2.45, 2.75) is 64.5 Å². The maximum absolute atomic E-state index is 12.7. The minimum Gasteiger partial charge on any atom is -0.374 e. The predicted octanol–water partition coefficient (Wildman–Crippen LogP) is 3.53. The first-order chi connectivity index (χ1) is 14.6. The molecule has 31 heavy (non-hydrogen) atoms. The first kappa shape index (κ1) is 24.1. The average molecular weight is 540 g/mol. The lowest BCUT2D eigenvalue weighted by Gasteiger charge is -2.27. The largest absolute Gasteiger partial charge is 0.374 e. The van der Waals surface area contributed by atoms with E-state index in [4.69, 9.17) is 4.99 Å². The summed E-state index contributed by atoms with van der Waals surface area (Å²) in [5, 5.41) is 6.94. The van der Waals surface area contributed by atoms with E-state index in [2.05, 4.69) is 52.6 Å². The molecule has 2 fully saturated rings. The van der Waals surface area contributed by atoms with Crippen LogP contribution in [-0.4, -0.2) is 56.0 Å². The average Bonchev–Trinajstić information content (AvgIpc) is 3.44. The van der Waals surface area contributed by atoms with Crippen LogP contribution in [0.1, 0.15) is 56.6 Å². The number of aryl methyl sites for hydroxylation is 1. The first-order valence-electron chi connectivity index (χ1n) is 11.8. The quantitative estimate of drug-likeness (QED) is 0.342. The van der Waals surface area contributed by atoms with Crippen LogP contribution in [0.3, 0.4) is 0 Å². The fourth-order valence-corrected chi connectivity index (χ4v) is 5.13. The van der Waals surface area contributed by atoms with Crippen molar-refractivity contribution in [3.8, 4) is 0 Å². The summed E-state index contributed by atoms with van der Waals surface area (Å²) in [6.07, 6.45) is 7.95. The fourth-order valence-electron chi connectivity index (χ4n) is 5.13. The topological polar surface area (TPSA) is 60.0 Å². The van der Waals surface area contributed by atoms with Crippen LogP contribution in [0.5, 0.6) is 0 Å². The number of amides is 1. The van der Waals surface area contributed by atoms with E-state index in [-0.39, 0.29) is 35.9 Å². The van der Waals surface area contributed by atoms with Gasteiger partial charge in [0.2, 0.25) is 5.91 Å². The number of likely N-dealkylation sites (tertiary alicyclic amines) is 1. The molecule has 1 saturated carbocycles. The highest BCUT2D eigenvalue weighted by molar-refractivity contribution is 14.0. The third kappa shape index (κ3) is 6.05. The van der Waals surface area contributed by atoms with Gasteiger partial charge in [-0.2, -0.15) is 0 Å². The molecule has 1 amide bonds. The number of carbonyl (C=O) groups is 1. The number of hydrogen-bond acceptors (Lipinski definition) is 3. The second-order valence-corrected chi connectivity index (χ2v) is 9.08. The molecule has 7 heteroatoms. The van der Waals surface area contributed by atoms with Gasteiger partial charge in [-0.1, -0.05) is 25.0 Å². The van der Waals surface area contributed by atoms with Gasteiger partial charge in [-0.05, 0) is 56.2 Å². The number of anilines is 1. The molecule has 2 N–H and O–H groups in total. The first-order valence-corrected chi connectivity index (χ1v) is 11.8. The Morgan fingerprint density at radius 1 is 1.16 bits per heavy atom. The zero-order valence-electron chi connectivity index (χ0n) is 19.0. The van der Waals surface area contributed by atoms with Gasteiger partial charge in [0.05, 0.1) is 6.54 Å². The molecule has 0 spiro atoms. The van der Waals surface area contributed by atoms with Gasteiger partial charge in [0.15, 0.2) is 5.96 Å². The Labute approximate surface area is 204 Å². The zero-order chi connectivity index (χ0) is 20.9. The maximum atomic E-state index is 12.7. The molecule has 1 atom stereocenters. The van der Waals surface area contributed by atoms with Crippen molar-refractivity contribution in [2.24, 2.45) is 10.9 Å². The number of halogens is 1. The molecule has 0 bridgehead atoms. The van der Waals surface area contributed by atoms with Gasteiger partial charge in [-0.3, -0.25) is 4.79 Å². The Morgan fingerprint density at radius 3 is 2.74 bits per heavy atom. The second-order valence-electron chi connectivity index (χ2n) is 9.08. The monoisotopic (exact) mass is 539 g/mol. The number of benzene rings is 1. The normalized spacial score (nSPS) is 21.6. The van der Waals surface area contributed by atoms with Gasteiger partial charge in [0, 0.05) is 50.9 Å². The lowest BCUT2D eigenvalue weighted by molar-refractivity contribution is -0.134. The second kappa shape index (κ2) is 11.4. The summed E-state index contributed by atoms with van der Waals surface area (Å²) < 4.78 is 0. The van der Waals surface area contributed by atoms with Gasteiger partial charge in [0.25, 0.3) is 0 Å². The third-order valence-electron chi connectivity index (χ3n) is 6.80. The van der Waals surface area contributed by atoms with Crippen molar-refractivity contribution in [2.75, 3.05) is 38.1 Å². The molecule has 2 aliphatic heterocycles. The van der Waals surface area contributed by atoms with Crippen LogP contribution in [0.2, 0.25) is 0 Å². The standard InChI is InChI=1S/C24H37N5O.HI/c1-3-25-24(26-16-18-10-11-22-20(15-18)9-6-13-28(22)2)27-21-12-14-29(17-21)23(30)19-7-4-5-8-19;/h10-11,15,19,21H,3-9,12-14,16-17H2,1-2H3,(H2,25,26,27);1H. The predicted molar refractivity (Wildman–Crippen MR) is 138 cm³/mol. The van der Waals surface area contributed by atoms with E-state index in [0.29, 0.717) is 12.5 Å². The lowest BCUT2D eigenvalue weighted by Crippen LogP contribution is -2.45.